The van der Waals surface area contributed by atoms with Crippen molar-refractivity contribution < 1.29 is 4.79 Å². The van der Waals surface area contributed by atoms with E-state index in [0.717, 1.165) is 38.2 Å². The van der Waals surface area contributed by atoms with E-state index in [0.29, 0.717) is 19.0 Å². The van der Waals surface area contributed by atoms with Crippen molar-refractivity contribution in [3.8, 4) is 0 Å². The molecule has 1 heterocycles. The molecule has 0 bridgehead atoms. The molecule has 1 atom stereocenters. The third-order valence-electron chi connectivity index (χ3n) is 5.46. The molecule has 1 saturated heterocycles. The molecule has 7 heteroatoms. The third kappa shape index (κ3) is 7.21. The molecular weight excluding hydrogens is 441 g/mol. The maximum atomic E-state index is 12.1. The van der Waals surface area contributed by atoms with Crippen molar-refractivity contribution in [3.63, 3.8) is 0 Å². The Bertz CT molecular complexity index is 436. The van der Waals surface area contributed by atoms with Crippen LogP contribution in [0.4, 0.5) is 0 Å². The lowest BCUT2D eigenvalue weighted by Gasteiger charge is -2.24. The van der Waals surface area contributed by atoms with Gasteiger partial charge in [-0.3, -0.25) is 14.7 Å². The molecule has 26 heavy (non-hydrogen) atoms. The van der Waals surface area contributed by atoms with Crippen molar-refractivity contribution in [2.24, 2.45) is 4.99 Å². The first kappa shape index (κ1) is 23.5. The first-order valence-corrected chi connectivity index (χ1v) is 10.2. The van der Waals surface area contributed by atoms with Crippen molar-refractivity contribution in [1.82, 2.24) is 20.4 Å². The Morgan fingerprint density at radius 1 is 1.15 bits per heavy atom. The molecule has 152 valence electrons. The Morgan fingerprint density at radius 3 is 2.46 bits per heavy atom. The number of rotatable bonds is 8. The molecule has 1 aliphatic heterocycles. The van der Waals surface area contributed by atoms with E-state index < -0.39 is 0 Å². The predicted octanol–water partition coefficient (Wildman–Crippen LogP) is 2.43. The van der Waals surface area contributed by atoms with Crippen LogP contribution in [-0.4, -0.2) is 73.0 Å². The number of guanidine groups is 1. The lowest BCUT2D eigenvalue weighted by atomic mass is 10.2. The molecule has 2 fully saturated rings. The van der Waals surface area contributed by atoms with Crippen LogP contribution < -0.4 is 10.6 Å². The minimum absolute atomic E-state index is 0. The smallest absolute Gasteiger partial charge is 0.224 e. The maximum Gasteiger partial charge on any atom is 0.224 e. The highest BCUT2D eigenvalue weighted by molar-refractivity contribution is 14.0. The van der Waals surface area contributed by atoms with Gasteiger partial charge in [-0.25, -0.2) is 0 Å². The summed E-state index contributed by atoms with van der Waals surface area (Å²) in [6, 6.07) is 1.27. The molecule has 2 aliphatic rings. The van der Waals surface area contributed by atoms with Gasteiger partial charge in [0.1, 0.15) is 0 Å². The van der Waals surface area contributed by atoms with Crippen LogP contribution >= 0.6 is 24.0 Å². The minimum atomic E-state index is 0. The van der Waals surface area contributed by atoms with Gasteiger partial charge < -0.3 is 15.5 Å². The van der Waals surface area contributed by atoms with Gasteiger partial charge in [0.25, 0.3) is 0 Å². The average molecular weight is 479 g/mol. The number of carbonyl (C=O) groups is 1. The van der Waals surface area contributed by atoms with Gasteiger partial charge in [0.05, 0.1) is 6.54 Å². The number of likely N-dealkylation sites (tertiary alicyclic amines) is 1. The second kappa shape index (κ2) is 12.8. The monoisotopic (exact) mass is 479 g/mol. The van der Waals surface area contributed by atoms with Gasteiger partial charge in [-0.2, -0.15) is 0 Å². The van der Waals surface area contributed by atoms with Gasteiger partial charge in [0.15, 0.2) is 5.96 Å². The Morgan fingerprint density at radius 2 is 1.85 bits per heavy atom. The lowest BCUT2D eigenvalue weighted by molar-refractivity contribution is -0.130. The Hall–Kier alpha value is -0.570. The fourth-order valence-corrected chi connectivity index (χ4v) is 4.02. The molecule has 0 spiro atoms. The molecule has 6 nitrogen and oxygen atoms in total. The maximum absolute atomic E-state index is 12.1. The highest BCUT2D eigenvalue weighted by Gasteiger charge is 2.30. The quantitative estimate of drug-likeness (QED) is 0.319. The van der Waals surface area contributed by atoms with Crippen LogP contribution in [0.25, 0.3) is 0 Å². The lowest BCUT2D eigenvalue weighted by Crippen LogP contribution is -2.45. The van der Waals surface area contributed by atoms with E-state index >= 15 is 0 Å². The zero-order valence-electron chi connectivity index (χ0n) is 16.8. The summed E-state index contributed by atoms with van der Waals surface area (Å²) in [6.45, 7) is 11.4. The summed E-state index contributed by atoms with van der Waals surface area (Å²) in [5.74, 6) is 1.05. The Labute approximate surface area is 176 Å². The van der Waals surface area contributed by atoms with E-state index in [2.05, 4.69) is 27.4 Å². The molecule has 1 unspecified atom stereocenters. The van der Waals surface area contributed by atoms with Crippen molar-refractivity contribution in [3.05, 3.63) is 0 Å². The molecule has 2 N–H and O–H groups in total. The van der Waals surface area contributed by atoms with Gasteiger partial charge in [-0.1, -0.05) is 12.8 Å². The summed E-state index contributed by atoms with van der Waals surface area (Å²) in [6.07, 6.45) is 7.19. The summed E-state index contributed by atoms with van der Waals surface area (Å²) in [4.78, 5) is 21.2. The number of nitrogens with one attached hydrogen (secondary N) is 2. The topological polar surface area (TPSA) is 60.0 Å². The largest absolute Gasteiger partial charge is 0.357 e. The fraction of sp³-hybridized carbons (Fsp3) is 0.895. The van der Waals surface area contributed by atoms with Crippen LogP contribution in [0.2, 0.25) is 0 Å². The minimum Gasteiger partial charge on any atom is -0.357 e. The number of nitrogens with zero attached hydrogens (tertiary/aromatic N) is 3. The molecule has 1 saturated carbocycles. The molecule has 1 amide bonds. The molecule has 0 aromatic rings. The van der Waals surface area contributed by atoms with Crippen molar-refractivity contribution in [2.75, 3.05) is 39.3 Å². The number of halogens is 1. The standard InChI is InChI=1S/C19H37N5O.HI/c1-4-20-19(21-13-11-18(25)23(5-2)6-3)22-16-12-14-24(15-16)17-9-7-8-10-17;/h16-17H,4-15H2,1-3H3,(H2,20,21,22);1H. The number of hydrogen-bond donors (Lipinski definition) is 2. The van der Waals surface area contributed by atoms with Crippen LogP contribution in [-0.2, 0) is 4.79 Å². The number of carbonyl (C=O) groups excluding carboxylic acids is 1. The normalized spacial score (nSPS) is 21.5. The number of aliphatic imine (C=N–C) groups is 1. The van der Waals surface area contributed by atoms with Gasteiger partial charge in [-0.15, -0.1) is 24.0 Å². The summed E-state index contributed by atoms with van der Waals surface area (Å²) in [5, 5.41) is 6.89. The molecule has 0 aromatic carbocycles. The summed E-state index contributed by atoms with van der Waals surface area (Å²) in [7, 11) is 0. The highest BCUT2D eigenvalue weighted by atomic mass is 127. The molecule has 0 aromatic heterocycles. The van der Waals surface area contributed by atoms with E-state index in [1.165, 1.54) is 38.6 Å². The van der Waals surface area contributed by atoms with Gasteiger partial charge in [0, 0.05) is 51.2 Å². The van der Waals surface area contributed by atoms with E-state index in [4.69, 9.17) is 0 Å². The second-order valence-electron chi connectivity index (χ2n) is 7.14. The van der Waals surface area contributed by atoms with Crippen LogP contribution in [0.5, 0.6) is 0 Å². The molecular formula is C19H38IN5O. The zero-order valence-corrected chi connectivity index (χ0v) is 19.1. The Kier molecular flexibility index (Phi) is 11.5. The summed E-state index contributed by atoms with van der Waals surface area (Å²) >= 11 is 0. The van der Waals surface area contributed by atoms with E-state index in [1.54, 1.807) is 0 Å². The van der Waals surface area contributed by atoms with Crippen LogP contribution in [0, 0.1) is 0 Å². The summed E-state index contributed by atoms with van der Waals surface area (Å²) in [5.41, 5.74) is 0. The second-order valence-corrected chi connectivity index (χ2v) is 7.14. The first-order valence-electron chi connectivity index (χ1n) is 10.2. The SMILES string of the molecule is CCNC(=NCCC(=O)N(CC)CC)NC1CCN(C2CCCC2)C1.I. The number of hydrogen-bond acceptors (Lipinski definition) is 3. The highest BCUT2D eigenvalue weighted by Crippen LogP contribution is 2.26. The first-order chi connectivity index (χ1) is 12.2. The van der Waals surface area contributed by atoms with E-state index in [1.807, 2.05) is 18.7 Å². The zero-order chi connectivity index (χ0) is 18.1. The fourth-order valence-electron chi connectivity index (χ4n) is 4.02. The number of amides is 1. The van der Waals surface area contributed by atoms with Crippen molar-refractivity contribution >= 4 is 35.8 Å². The van der Waals surface area contributed by atoms with Gasteiger partial charge in [-0.05, 0) is 40.0 Å². The van der Waals surface area contributed by atoms with Crippen molar-refractivity contribution in [1.29, 1.82) is 0 Å². The van der Waals surface area contributed by atoms with Crippen LogP contribution in [0.1, 0.15) is 59.3 Å². The Balaban J connectivity index is 0.00000338. The van der Waals surface area contributed by atoms with Crippen LogP contribution in [0.3, 0.4) is 0 Å². The molecule has 0 radical (unpaired) electrons. The molecule has 1 aliphatic carbocycles. The summed E-state index contributed by atoms with van der Waals surface area (Å²) < 4.78 is 0. The third-order valence-corrected chi connectivity index (χ3v) is 5.46. The van der Waals surface area contributed by atoms with E-state index in [9.17, 15) is 4.79 Å². The average Bonchev–Trinajstić information content (AvgIpc) is 3.27. The predicted molar refractivity (Wildman–Crippen MR) is 119 cm³/mol. The van der Waals surface area contributed by atoms with E-state index in [-0.39, 0.29) is 29.9 Å². The molecule has 2 rings (SSSR count). The van der Waals surface area contributed by atoms with Gasteiger partial charge in [0.2, 0.25) is 5.91 Å². The van der Waals surface area contributed by atoms with Crippen LogP contribution in [0.15, 0.2) is 4.99 Å². The van der Waals surface area contributed by atoms with Crippen molar-refractivity contribution in [2.45, 2.75) is 71.4 Å². The van der Waals surface area contributed by atoms with Gasteiger partial charge >= 0.3 is 0 Å².